The highest BCUT2D eigenvalue weighted by atomic mass is 32.2. The summed E-state index contributed by atoms with van der Waals surface area (Å²) in [5, 5.41) is 10.9. The molecular weight excluding hydrogens is 356 g/mol. The number of methoxy groups -OCH3 is 2. The van der Waals surface area contributed by atoms with Crippen LogP contribution in [-0.4, -0.2) is 25.1 Å². The van der Waals surface area contributed by atoms with Gasteiger partial charge in [0.15, 0.2) is 0 Å². The van der Waals surface area contributed by atoms with Gasteiger partial charge in [-0.25, -0.2) is 0 Å². The van der Waals surface area contributed by atoms with Crippen molar-refractivity contribution in [3.63, 3.8) is 0 Å². The van der Waals surface area contributed by atoms with Crippen molar-refractivity contribution in [2.75, 3.05) is 20.0 Å². The van der Waals surface area contributed by atoms with E-state index < -0.39 is 0 Å². The van der Waals surface area contributed by atoms with Gasteiger partial charge in [-0.1, -0.05) is 31.2 Å². The first-order valence-corrected chi connectivity index (χ1v) is 9.85. The lowest BCUT2D eigenvalue weighted by Crippen LogP contribution is -1.94. The number of phenolic OH excluding ortho intramolecular Hbond substituents is 1. The van der Waals surface area contributed by atoms with Crippen LogP contribution in [-0.2, 0) is 0 Å². The number of hydrogen-bond donors (Lipinski definition) is 1. The first-order chi connectivity index (χ1) is 13.1. The molecule has 3 aromatic carbocycles. The molecule has 3 aromatic rings. The molecule has 0 spiro atoms. The first kappa shape index (κ1) is 19.2. The number of hydrogen-bond acceptors (Lipinski definition) is 4. The normalized spacial score (nSPS) is 10.7. The van der Waals surface area contributed by atoms with Crippen LogP contribution in [0.25, 0.3) is 22.3 Å². The minimum absolute atomic E-state index is 0.285. The van der Waals surface area contributed by atoms with Crippen LogP contribution >= 0.6 is 11.8 Å². The van der Waals surface area contributed by atoms with Crippen LogP contribution in [0.5, 0.6) is 17.2 Å². The number of phenols is 1. The summed E-state index contributed by atoms with van der Waals surface area (Å²) in [6.07, 6.45) is 0. The predicted octanol–water partition coefficient (Wildman–Crippen LogP) is 6.16. The van der Waals surface area contributed by atoms with Gasteiger partial charge in [0.1, 0.15) is 17.2 Å². The SMILES string of the molecule is CCSc1c(C)c(-c2ccc(OC)cc2)cc(O)c1-c1ccc(OC)cc1. The van der Waals surface area contributed by atoms with Gasteiger partial charge in [0.2, 0.25) is 0 Å². The second-order valence-electron chi connectivity index (χ2n) is 6.16. The van der Waals surface area contributed by atoms with Crippen molar-refractivity contribution >= 4 is 11.8 Å². The Labute approximate surface area is 165 Å². The Balaban J connectivity index is 2.15. The van der Waals surface area contributed by atoms with Gasteiger partial charge in [0.25, 0.3) is 0 Å². The van der Waals surface area contributed by atoms with Gasteiger partial charge in [-0.3, -0.25) is 0 Å². The molecule has 1 N–H and O–H groups in total. The molecule has 0 aliphatic heterocycles. The molecule has 0 aliphatic rings. The fraction of sp³-hybridized carbons (Fsp3) is 0.217. The average Bonchev–Trinajstić information content (AvgIpc) is 2.71. The molecule has 0 atom stereocenters. The van der Waals surface area contributed by atoms with E-state index >= 15 is 0 Å². The van der Waals surface area contributed by atoms with Crippen LogP contribution in [0.3, 0.4) is 0 Å². The van der Waals surface area contributed by atoms with Crippen LogP contribution in [0.2, 0.25) is 0 Å². The molecule has 0 radical (unpaired) electrons. The van der Waals surface area contributed by atoms with Crippen LogP contribution in [0.15, 0.2) is 59.5 Å². The maximum Gasteiger partial charge on any atom is 0.125 e. The van der Waals surface area contributed by atoms with Crippen LogP contribution in [0.4, 0.5) is 0 Å². The molecule has 0 bridgehead atoms. The number of thioether (sulfide) groups is 1. The van der Waals surface area contributed by atoms with Gasteiger partial charge in [-0.05, 0) is 65.3 Å². The fourth-order valence-electron chi connectivity index (χ4n) is 3.18. The number of aromatic hydroxyl groups is 1. The summed E-state index contributed by atoms with van der Waals surface area (Å²) in [6.45, 7) is 4.24. The topological polar surface area (TPSA) is 38.7 Å². The van der Waals surface area contributed by atoms with Crippen molar-refractivity contribution in [2.24, 2.45) is 0 Å². The molecule has 0 aliphatic carbocycles. The highest BCUT2D eigenvalue weighted by Gasteiger charge is 2.18. The summed E-state index contributed by atoms with van der Waals surface area (Å²) < 4.78 is 10.5. The monoisotopic (exact) mass is 380 g/mol. The number of rotatable bonds is 6. The van der Waals surface area contributed by atoms with Crippen molar-refractivity contribution in [1.82, 2.24) is 0 Å². The van der Waals surface area contributed by atoms with Crippen LogP contribution in [0, 0.1) is 6.92 Å². The maximum atomic E-state index is 10.9. The summed E-state index contributed by atoms with van der Waals surface area (Å²) in [6, 6.07) is 17.6. The Morgan fingerprint density at radius 2 is 1.37 bits per heavy atom. The van der Waals surface area contributed by atoms with E-state index in [-0.39, 0.29) is 5.75 Å². The minimum Gasteiger partial charge on any atom is -0.507 e. The Hall–Kier alpha value is -2.59. The third-order valence-electron chi connectivity index (χ3n) is 4.58. The molecule has 0 aromatic heterocycles. The molecule has 0 fully saturated rings. The highest BCUT2D eigenvalue weighted by Crippen LogP contribution is 2.45. The first-order valence-electron chi connectivity index (χ1n) is 8.87. The van der Waals surface area contributed by atoms with Gasteiger partial charge < -0.3 is 14.6 Å². The van der Waals surface area contributed by atoms with E-state index in [2.05, 4.69) is 13.8 Å². The highest BCUT2D eigenvalue weighted by molar-refractivity contribution is 7.99. The van der Waals surface area contributed by atoms with Crippen molar-refractivity contribution in [2.45, 2.75) is 18.7 Å². The lowest BCUT2D eigenvalue weighted by molar-refractivity contribution is 0.414. The lowest BCUT2D eigenvalue weighted by Gasteiger charge is -2.18. The van der Waals surface area contributed by atoms with E-state index in [0.717, 1.165) is 50.0 Å². The Morgan fingerprint density at radius 1 is 0.852 bits per heavy atom. The van der Waals surface area contributed by atoms with Gasteiger partial charge in [-0.15, -0.1) is 11.8 Å². The zero-order chi connectivity index (χ0) is 19.4. The molecular formula is C23H24O3S. The second-order valence-corrected chi connectivity index (χ2v) is 7.44. The molecule has 3 rings (SSSR count). The Bertz CT molecular complexity index is 916. The maximum absolute atomic E-state index is 10.9. The predicted molar refractivity (Wildman–Crippen MR) is 113 cm³/mol. The molecule has 0 amide bonds. The lowest BCUT2D eigenvalue weighted by atomic mass is 9.94. The fourth-order valence-corrected chi connectivity index (χ4v) is 4.16. The molecule has 140 valence electrons. The largest absolute Gasteiger partial charge is 0.507 e. The van der Waals surface area contributed by atoms with Gasteiger partial charge in [0, 0.05) is 10.5 Å². The van der Waals surface area contributed by atoms with Crippen molar-refractivity contribution in [3.05, 3.63) is 60.2 Å². The third-order valence-corrected chi connectivity index (χ3v) is 5.66. The van der Waals surface area contributed by atoms with Gasteiger partial charge >= 0.3 is 0 Å². The van der Waals surface area contributed by atoms with Gasteiger partial charge in [-0.2, -0.15) is 0 Å². The summed E-state index contributed by atoms with van der Waals surface area (Å²) in [4.78, 5) is 1.11. The number of ether oxygens (including phenoxy) is 2. The molecule has 0 saturated heterocycles. The standard InChI is InChI=1S/C23H24O3S/c1-5-27-23-15(2)20(16-6-10-18(25-3)11-7-16)14-21(24)22(23)17-8-12-19(26-4)13-9-17/h6-14,24H,5H2,1-4H3. The van der Waals surface area contributed by atoms with E-state index in [0.29, 0.717) is 0 Å². The average molecular weight is 381 g/mol. The van der Waals surface area contributed by atoms with Crippen molar-refractivity contribution < 1.29 is 14.6 Å². The zero-order valence-corrected chi connectivity index (χ0v) is 16.9. The van der Waals surface area contributed by atoms with Crippen LogP contribution in [0.1, 0.15) is 12.5 Å². The molecule has 27 heavy (non-hydrogen) atoms. The molecule has 0 heterocycles. The second kappa shape index (κ2) is 8.40. The summed E-state index contributed by atoms with van der Waals surface area (Å²) in [5.74, 6) is 2.83. The summed E-state index contributed by atoms with van der Waals surface area (Å²) >= 11 is 1.75. The third kappa shape index (κ3) is 3.91. The Morgan fingerprint density at radius 3 is 1.85 bits per heavy atom. The van der Waals surface area contributed by atoms with E-state index in [1.54, 1.807) is 26.0 Å². The molecule has 3 nitrogen and oxygen atoms in total. The van der Waals surface area contributed by atoms with E-state index in [1.807, 2.05) is 54.6 Å². The van der Waals surface area contributed by atoms with Crippen LogP contribution < -0.4 is 9.47 Å². The summed E-state index contributed by atoms with van der Waals surface area (Å²) in [7, 11) is 3.31. The molecule has 4 heteroatoms. The Kier molecular flexibility index (Phi) is 5.97. The summed E-state index contributed by atoms with van der Waals surface area (Å²) in [5.41, 5.74) is 5.11. The quantitative estimate of drug-likeness (QED) is 0.520. The molecule has 0 saturated carbocycles. The zero-order valence-electron chi connectivity index (χ0n) is 16.1. The van der Waals surface area contributed by atoms with E-state index in [4.69, 9.17) is 9.47 Å². The minimum atomic E-state index is 0.285. The van der Waals surface area contributed by atoms with E-state index in [1.165, 1.54) is 0 Å². The van der Waals surface area contributed by atoms with Crippen molar-refractivity contribution in [3.8, 4) is 39.5 Å². The van der Waals surface area contributed by atoms with Gasteiger partial charge in [0.05, 0.1) is 14.2 Å². The van der Waals surface area contributed by atoms with Crippen molar-refractivity contribution in [1.29, 1.82) is 0 Å². The molecule has 0 unspecified atom stereocenters. The van der Waals surface area contributed by atoms with E-state index in [9.17, 15) is 5.11 Å². The number of benzene rings is 3. The smallest absolute Gasteiger partial charge is 0.125 e.